The predicted molar refractivity (Wildman–Crippen MR) is 86.9 cm³/mol. The summed E-state index contributed by atoms with van der Waals surface area (Å²) in [7, 11) is 1.19. The number of benzene rings is 1. The van der Waals surface area contributed by atoms with Crippen LogP contribution in [0.4, 0.5) is 17.1 Å². The molecule has 0 aliphatic rings. The number of rotatable bonds is 8. The molecule has 0 aliphatic heterocycles. The number of carbonyl (C=O) groups is 1. The number of aryl methyl sites for hydroxylation is 1. The average Bonchev–Trinajstić information content (AvgIpc) is 2.50. The van der Waals surface area contributed by atoms with Crippen LogP contribution in [-0.4, -0.2) is 41.0 Å². The van der Waals surface area contributed by atoms with Crippen molar-refractivity contribution >= 4 is 34.8 Å². The van der Waals surface area contributed by atoms with Gasteiger partial charge in [0.25, 0.3) is 11.4 Å². The highest BCUT2D eigenvalue weighted by Crippen LogP contribution is 2.36. The van der Waals surface area contributed by atoms with Crippen molar-refractivity contribution < 1.29 is 19.4 Å². The zero-order chi connectivity index (χ0) is 17.6. The number of nitrogens with zero attached hydrogens (tertiary/aromatic N) is 2. The van der Waals surface area contributed by atoms with E-state index in [0.29, 0.717) is 17.7 Å². The number of methoxy groups -OCH3 is 1. The topological polar surface area (TPSA) is 125 Å². The third-order valence-corrected chi connectivity index (χ3v) is 3.69. The Bertz CT molecular complexity index is 587. The highest BCUT2D eigenvalue weighted by atomic mass is 32.2. The summed E-state index contributed by atoms with van der Waals surface area (Å²) in [5.41, 5.74) is -0.806. The molecule has 23 heavy (non-hydrogen) atoms. The predicted octanol–water partition coefficient (Wildman–Crippen LogP) is 2.52. The van der Waals surface area contributed by atoms with Gasteiger partial charge in [-0.3, -0.25) is 20.2 Å². The molecule has 0 aliphatic carbocycles. The van der Waals surface area contributed by atoms with Crippen molar-refractivity contribution in [3.05, 3.63) is 37.9 Å². The fourth-order valence-electron chi connectivity index (χ4n) is 1.99. The summed E-state index contributed by atoms with van der Waals surface area (Å²) in [6, 6.07) is 1.53. The first kappa shape index (κ1) is 18.7. The van der Waals surface area contributed by atoms with Gasteiger partial charge in [0.15, 0.2) is 5.69 Å². The molecule has 10 heteroatoms. The van der Waals surface area contributed by atoms with Gasteiger partial charge in [0.1, 0.15) is 6.04 Å². The molecule has 0 saturated carbocycles. The summed E-state index contributed by atoms with van der Waals surface area (Å²) >= 11 is 1.48. The monoisotopic (exact) mass is 343 g/mol. The van der Waals surface area contributed by atoms with Gasteiger partial charge in [-0.15, -0.1) is 0 Å². The quantitative estimate of drug-likeness (QED) is 0.433. The molecular weight excluding hydrogens is 326 g/mol. The van der Waals surface area contributed by atoms with E-state index in [1.54, 1.807) is 0 Å². The molecule has 0 aromatic heterocycles. The van der Waals surface area contributed by atoms with Crippen LogP contribution < -0.4 is 5.32 Å². The number of nitro groups is 2. The maximum absolute atomic E-state index is 11.8. The molecule has 0 heterocycles. The Kier molecular flexibility index (Phi) is 6.76. The zero-order valence-electron chi connectivity index (χ0n) is 12.9. The first-order valence-corrected chi connectivity index (χ1v) is 7.98. The number of anilines is 1. The fraction of sp³-hybridized carbons (Fsp3) is 0.462. The Morgan fingerprint density at radius 1 is 1.30 bits per heavy atom. The van der Waals surface area contributed by atoms with Crippen LogP contribution >= 0.6 is 11.8 Å². The number of hydrogen-bond donors (Lipinski definition) is 1. The molecule has 9 nitrogen and oxygen atoms in total. The van der Waals surface area contributed by atoms with Crippen molar-refractivity contribution in [3.8, 4) is 0 Å². The molecule has 0 saturated heterocycles. The summed E-state index contributed by atoms with van der Waals surface area (Å²) in [6.45, 7) is 1.52. The largest absolute Gasteiger partial charge is 0.467 e. The van der Waals surface area contributed by atoms with Gasteiger partial charge in [-0.25, -0.2) is 4.79 Å². The number of hydrogen-bond acceptors (Lipinski definition) is 8. The molecule has 1 N–H and O–H groups in total. The van der Waals surface area contributed by atoms with E-state index in [0.717, 1.165) is 0 Å². The lowest BCUT2D eigenvalue weighted by Crippen LogP contribution is -2.32. The molecule has 1 rings (SSSR count). The van der Waals surface area contributed by atoms with E-state index < -0.39 is 33.2 Å². The minimum atomic E-state index is -0.910. The number of nitrogens with one attached hydrogen (secondary N) is 1. The van der Waals surface area contributed by atoms with E-state index in [9.17, 15) is 25.0 Å². The lowest BCUT2D eigenvalue weighted by molar-refractivity contribution is -0.392. The Morgan fingerprint density at radius 3 is 2.22 bits per heavy atom. The molecule has 0 bridgehead atoms. The second kappa shape index (κ2) is 8.32. The van der Waals surface area contributed by atoms with Crippen LogP contribution in [0.15, 0.2) is 12.1 Å². The third kappa shape index (κ3) is 4.81. The molecule has 0 fully saturated rings. The molecule has 1 aromatic carbocycles. The highest BCUT2D eigenvalue weighted by molar-refractivity contribution is 7.98. The summed E-state index contributed by atoms with van der Waals surface area (Å²) in [5.74, 6) is -0.0524. The minimum Gasteiger partial charge on any atom is -0.467 e. The van der Waals surface area contributed by atoms with Gasteiger partial charge in [0.05, 0.1) is 17.0 Å². The average molecular weight is 343 g/mol. The normalized spacial score (nSPS) is 11.6. The van der Waals surface area contributed by atoms with Gasteiger partial charge in [-0.2, -0.15) is 11.8 Å². The van der Waals surface area contributed by atoms with Crippen molar-refractivity contribution in [1.82, 2.24) is 0 Å². The highest BCUT2D eigenvalue weighted by Gasteiger charge is 2.30. The SMILES string of the molecule is COC(=O)C(CCSC)Nc1c([N+](=O)[O-])cc(C)cc1[N+](=O)[O-]. The maximum atomic E-state index is 11.8. The minimum absolute atomic E-state index is 0.290. The Morgan fingerprint density at radius 2 is 1.83 bits per heavy atom. The van der Waals surface area contributed by atoms with Gasteiger partial charge in [-0.05, 0) is 30.9 Å². The Balaban J connectivity index is 3.34. The first-order valence-electron chi connectivity index (χ1n) is 6.58. The van der Waals surface area contributed by atoms with E-state index in [1.807, 2.05) is 6.26 Å². The number of thioether (sulfide) groups is 1. The Hall–Kier alpha value is -2.36. The molecule has 0 spiro atoms. The molecule has 0 radical (unpaired) electrons. The molecular formula is C13H17N3O6S. The van der Waals surface area contributed by atoms with Crippen LogP contribution in [0.2, 0.25) is 0 Å². The summed E-state index contributed by atoms with van der Waals surface area (Å²) in [4.78, 5) is 32.8. The number of ether oxygens (including phenoxy) is 1. The van der Waals surface area contributed by atoms with Gasteiger partial charge < -0.3 is 10.1 Å². The summed E-state index contributed by atoms with van der Waals surface area (Å²) in [6.07, 6.45) is 2.15. The van der Waals surface area contributed by atoms with Crippen molar-refractivity contribution in [2.75, 3.05) is 24.4 Å². The van der Waals surface area contributed by atoms with Crippen LogP contribution in [-0.2, 0) is 9.53 Å². The first-order chi connectivity index (χ1) is 10.8. The van der Waals surface area contributed by atoms with Gasteiger partial charge in [-0.1, -0.05) is 0 Å². The third-order valence-electron chi connectivity index (χ3n) is 3.05. The van der Waals surface area contributed by atoms with E-state index in [-0.39, 0.29) is 5.69 Å². The number of esters is 1. The van der Waals surface area contributed by atoms with Crippen LogP contribution in [0, 0.1) is 27.2 Å². The summed E-state index contributed by atoms with van der Waals surface area (Å²) < 4.78 is 4.66. The van der Waals surface area contributed by atoms with Crippen molar-refractivity contribution in [2.45, 2.75) is 19.4 Å². The molecule has 126 valence electrons. The van der Waals surface area contributed by atoms with Crippen molar-refractivity contribution in [1.29, 1.82) is 0 Å². The van der Waals surface area contributed by atoms with Crippen molar-refractivity contribution in [3.63, 3.8) is 0 Å². The van der Waals surface area contributed by atoms with E-state index >= 15 is 0 Å². The number of nitro benzene ring substituents is 2. The standard InChI is InChI=1S/C13H17N3O6S/c1-8-6-10(15(18)19)12(11(7-8)16(20)21)14-9(4-5-23-3)13(17)22-2/h6-7,9,14H,4-5H2,1-3H3. The van der Waals surface area contributed by atoms with Gasteiger partial charge in [0.2, 0.25) is 0 Å². The zero-order valence-corrected chi connectivity index (χ0v) is 13.7. The maximum Gasteiger partial charge on any atom is 0.328 e. The number of carbonyl (C=O) groups excluding carboxylic acids is 1. The van der Waals surface area contributed by atoms with Crippen LogP contribution in [0.5, 0.6) is 0 Å². The van der Waals surface area contributed by atoms with Crippen LogP contribution in [0.25, 0.3) is 0 Å². The van der Waals surface area contributed by atoms with Gasteiger partial charge >= 0.3 is 5.97 Å². The lowest BCUT2D eigenvalue weighted by Gasteiger charge is -2.17. The smallest absolute Gasteiger partial charge is 0.328 e. The van der Waals surface area contributed by atoms with E-state index in [4.69, 9.17) is 0 Å². The van der Waals surface area contributed by atoms with E-state index in [1.165, 1.54) is 37.9 Å². The van der Waals surface area contributed by atoms with E-state index in [2.05, 4.69) is 10.1 Å². The lowest BCUT2D eigenvalue weighted by atomic mass is 10.1. The fourth-order valence-corrected chi connectivity index (χ4v) is 2.46. The molecule has 0 amide bonds. The Labute approximate surface area is 136 Å². The van der Waals surface area contributed by atoms with Crippen LogP contribution in [0.1, 0.15) is 12.0 Å². The summed E-state index contributed by atoms with van der Waals surface area (Å²) in [5, 5.41) is 25.0. The molecule has 1 atom stereocenters. The van der Waals surface area contributed by atoms with Crippen LogP contribution in [0.3, 0.4) is 0 Å². The second-order valence-electron chi connectivity index (χ2n) is 4.69. The molecule has 1 unspecified atom stereocenters. The molecule has 1 aromatic rings. The van der Waals surface area contributed by atoms with Crippen molar-refractivity contribution in [2.24, 2.45) is 0 Å². The second-order valence-corrected chi connectivity index (χ2v) is 5.68. The van der Waals surface area contributed by atoms with Gasteiger partial charge in [0, 0.05) is 12.1 Å².